The summed E-state index contributed by atoms with van der Waals surface area (Å²) in [5.41, 5.74) is -0.0623. The van der Waals surface area contributed by atoms with Crippen LogP contribution in [0.1, 0.15) is 36.3 Å². The van der Waals surface area contributed by atoms with Crippen LogP contribution in [0.3, 0.4) is 0 Å². The number of anilines is 1. The number of alkyl halides is 6. The van der Waals surface area contributed by atoms with Crippen LogP contribution in [0.4, 0.5) is 32.0 Å². The number of carbonyl (C=O) groups excluding carboxylic acids is 2. The van der Waals surface area contributed by atoms with E-state index in [0.29, 0.717) is 32.0 Å². The first-order valence-electron chi connectivity index (χ1n) is 12.8. The van der Waals surface area contributed by atoms with Gasteiger partial charge in [0.1, 0.15) is 5.75 Å². The zero-order chi connectivity index (χ0) is 28.9. The summed E-state index contributed by atoms with van der Waals surface area (Å²) >= 11 is 0. The van der Waals surface area contributed by atoms with Gasteiger partial charge in [0.2, 0.25) is 11.8 Å². The van der Waals surface area contributed by atoms with Crippen LogP contribution in [-0.4, -0.2) is 62.0 Å². The summed E-state index contributed by atoms with van der Waals surface area (Å²) < 4.78 is 85.6. The molecule has 1 saturated carbocycles. The van der Waals surface area contributed by atoms with Crippen LogP contribution in [0.2, 0.25) is 0 Å². The van der Waals surface area contributed by atoms with Gasteiger partial charge in [-0.05, 0) is 60.7 Å². The van der Waals surface area contributed by atoms with E-state index in [1.54, 1.807) is 4.90 Å². The summed E-state index contributed by atoms with van der Waals surface area (Å²) in [4.78, 5) is 28.1. The third kappa shape index (κ3) is 8.51. The maximum Gasteiger partial charge on any atom is 0.573 e. The molecule has 40 heavy (non-hydrogen) atoms. The van der Waals surface area contributed by atoms with Gasteiger partial charge in [0.05, 0.1) is 24.7 Å². The largest absolute Gasteiger partial charge is 0.573 e. The Bertz CT molecular complexity index is 1140. The molecule has 0 bridgehead atoms. The molecule has 4 rings (SSSR count). The Hall–Kier alpha value is -3.48. The van der Waals surface area contributed by atoms with Crippen LogP contribution in [0.15, 0.2) is 48.5 Å². The Morgan fingerprint density at radius 1 is 0.950 bits per heavy atom. The molecular formula is C27H29F6N3O4. The van der Waals surface area contributed by atoms with Gasteiger partial charge >= 0.3 is 12.5 Å². The molecule has 2 aliphatic rings. The Balaban J connectivity index is 1.45. The van der Waals surface area contributed by atoms with E-state index in [0.717, 1.165) is 25.0 Å². The first-order chi connectivity index (χ1) is 18.9. The number of morpholine rings is 1. The average molecular weight is 574 g/mol. The Morgan fingerprint density at radius 2 is 1.57 bits per heavy atom. The number of ether oxygens (including phenoxy) is 2. The molecule has 0 radical (unpaired) electrons. The van der Waals surface area contributed by atoms with E-state index < -0.39 is 29.9 Å². The summed E-state index contributed by atoms with van der Waals surface area (Å²) in [7, 11) is 0. The van der Waals surface area contributed by atoms with Crippen LogP contribution in [-0.2, 0) is 20.5 Å². The number of benzene rings is 2. The van der Waals surface area contributed by atoms with Gasteiger partial charge in [-0.1, -0.05) is 12.1 Å². The van der Waals surface area contributed by atoms with Gasteiger partial charge < -0.3 is 25.0 Å². The first-order valence-corrected chi connectivity index (χ1v) is 12.8. The fourth-order valence-electron chi connectivity index (χ4n) is 4.50. The van der Waals surface area contributed by atoms with Gasteiger partial charge in [-0.15, -0.1) is 13.2 Å². The molecule has 1 aliphatic carbocycles. The van der Waals surface area contributed by atoms with Gasteiger partial charge in [-0.2, -0.15) is 13.2 Å². The fraction of sp³-hybridized carbons (Fsp3) is 0.481. The number of amides is 2. The third-order valence-electron chi connectivity index (χ3n) is 6.83. The van der Waals surface area contributed by atoms with Crippen LogP contribution in [0, 0.1) is 5.92 Å². The normalized spacial score (nSPS) is 17.6. The van der Waals surface area contributed by atoms with Crippen molar-refractivity contribution in [3.63, 3.8) is 0 Å². The minimum absolute atomic E-state index is 0.146. The first kappa shape index (κ1) is 29.5. The molecule has 2 N–H and O–H groups in total. The molecular weight excluding hydrogens is 544 g/mol. The second kappa shape index (κ2) is 12.4. The van der Waals surface area contributed by atoms with E-state index in [1.165, 1.54) is 36.4 Å². The van der Waals surface area contributed by atoms with Gasteiger partial charge in [-0.3, -0.25) is 9.59 Å². The predicted molar refractivity (Wildman–Crippen MR) is 132 cm³/mol. The minimum Gasteiger partial charge on any atom is -0.406 e. The summed E-state index contributed by atoms with van der Waals surface area (Å²) in [6, 6.07) is 9.01. The summed E-state index contributed by atoms with van der Waals surface area (Å²) in [5.74, 6) is -2.03. The summed E-state index contributed by atoms with van der Waals surface area (Å²) in [5, 5.41) is 6.04. The van der Waals surface area contributed by atoms with E-state index in [1.807, 2.05) is 0 Å². The van der Waals surface area contributed by atoms with Crippen molar-refractivity contribution in [2.24, 2.45) is 5.92 Å². The lowest BCUT2D eigenvalue weighted by molar-refractivity contribution is -0.274. The zero-order valence-corrected chi connectivity index (χ0v) is 21.4. The van der Waals surface area contributed by atoms with Crippen molar-refractivity contribution in [3.05, 3.63) is 59.7 Å². The summed E-state index contributed by atoms with van der Waals surface area (Å²) in [6.07, 6.45) is -7.86. The van der Waals surface area contributed by atoms with E-state index in [4.69, 9.17) is 4.74 Å². The molecule has 218 valence electrons. The highest BCUT2D eigenvalue weighted by Gasteiger charge is 2.36. The number of hydrogen-bond donors (Lipinski definition) is 2. The quantitative estimate of drug-likeness (QED) is 0.394. The Kier molecular flexibility index (Phi) is 9.12. The van der Waals surface area contributed by atoms with E-state index in [9.17, 15) is 35.9 Å². The van der Waals surface area contributed by atoms with Crippen molar-refractivity contribution < 1.29 is 45.4 Å². The number of carbonyl (C=O) groups is 2. The highest BCUT2D eigenvalue weighted by molar-refractivity contribution is 5.90. The van der Waals surface area contributed by atoms with Crippen molar-refractivity contribution in [2.45, 2.75) is 43.8 Å². The highest BCUT2D eigenvalue weighted by Crippen LogP contribution is 2.35. The fourth-order valence-corrected chi connectivity index (χ4v) is 4.50. The van der Waals surface area contributed by atoms with Gasteiger partial charge in [0.15, 0.2) is 0 Å². The molecule has 2 amide bonds. The number of nitrogens with zero attached hydrogens (tertiary/aromatic N) is 1. The minimum atomic E-state index is -4.80. The number of halogens is 6. The molecule has 2 atom stereocenters. The van der Waals surface area contributed by atoms with E-state index in [2.05, 4.69) is 15.4 Å². The zero-order valence-electron chi connectivity index (χ0n) is 21.4. The third-order valence-corrected chi connectivity index (χ3v) is 6.83. The average Bonchev–Trinajstić information content (AvgIpc) is 3.75. The molecule has 0 aromatic heterocycles. The maximum absolute atomic E-state index is 13.5. The maximum atomic E-state index is 13.5. The van der Waals surface area contributed by atoms with Gasteiger partial charge in [-0.25, -0.2) is 0 Å². The second-order valence-corrected chi connectivity index (χ2v) is 9.78. The molecule has 2 aromatic rings. The molecule has 2 unspecified atom stereocenters. The molecule has 1 heterocycles. The monoisotopic (exact) mass is 573 g/mol. The molecule has 1 aliphatic heterocycles. The van der Waals surface area contributed by atoms with Crippen LogP contribution < -0.4 is 15.4 Å². The Labute approximate surface area is 226 Å². The molecule has 0 spiro atoms. The number of nitrogens with one attached hydrogen (secondary N) is 2. The van der Waals surface area contributed by atoms with E-state index in [-0.39, 0.29) is 42.1 Å². The van der Waals surface area contributed by atoms with E-state index >= 15 is 0 Å². The predicted octanol–water partition coefficient (Wildman–Crippen LogP) is 4.94. The molecule has 2 aromatic carbocycles. The lowest BCUT2D eigenvalue weighted by atomic mass is 9.92. The van der Waals surface area contributed by atoms with Gasteiger partial charge in [0, 0.05) is 37.8 Å². The lowest BCUT2D eigenvalue weighted by Crippen LogP contribution is -2.45. The highest BCUT2D eigenvalue weighted by atomic mass is 19.4. The number of rotatable bonds is 10. The standard InChI is InChI=1S/C27H29F6N3O4/c28-26(29,30)19-5-3-17(4-6-19)22(15-24(37)36-11-13-39-14-12-36)25(38)35-23(18-1-2-18)16-34-20-7-9-21(10-8-20)40-27(31,32)33/h3-10,18,22-23,34H,1-2,11-16H2,(H,35,38). The van der Waals surface area contributed by atoms with Crippen LogP contribution >= 0.6 is 0 Å². The SMILES string of the molecule is O=C(NC(CNc1ccc(OC(F)(F)F)cc1)C1CC1)C(CC(=O)N1CCOCC1)c1ccc(C(F)(F)F)cc1. The van der Waals surface area contributed by atoms with Gasteiger partial charge in [0.25, 0.3) is 0 Å². The Morgan fingerprint density at radius 3 is 2.12 bits per heavy atom. The summed E-state index contributed by atoms with van der Waals surface area (Å²) in [6.45, 7) is 1.71. The van der Waals surface area contributed by atoms with Crippen LogP contribution in [0.25, 0.3) is 0 Å². The van der Waals surface area contributed by atoms with Crippen molar-refractivity contribution in [3.8, 4) is 5.75 Å². The smallest absolute Gasteiger partial charge is 0.406 e. The molecule has 2 fully saturated rings. The van der Waals surface area contributed by atoms with Crippen molar-refractivity contribution in [1.29, 1.82) is 0 Å². The lowest BCUT2D eigenvalue weighted by Gasteiger charge is -2.29. The topological polar surface area (TPSA) is 79.9 Å². The molecule has 1 saturated heterocycles. The molecule has 13 heteroatoms. The van der Waals surface area contributed by atoms with Crippen molar-refractivity contribution in [2.75, 3.05) is 38.2 Å². The van der Waals surface area contributed by atoms with Crippen molar-refractivity contribution >= 4 is 17.5 Å². The van der Waals surface area contributed by atoms with Crippen molar-refractivity contribution in [1.82, 2.24) is 10.2 Å². The second-order valence-electron chi connectivity index (χ2n) is 9.78. The molecule has 7 nitrogen and oxygen atoms in total. The van der Waals surface area contributed by atoms with Crippen LogP contribution in [0.5, 0.6) is 5.75 Å². The number of hydrogen-bond acceptors (Lipinski definition) is 5.